The van der Waals surface area contributed by atoms with Crippen molar-refractivity contribution in [3.8, 4) is 0 Å². The zero-order valence-corrected chi connectivity index (χ0v) is 16.7. The fraction of sp³-hybridized carbons (Fsp3) is 0.400. The lowest BCUT2D eigenvalue weighted by atomic mass is 10.1. The highest BCUT2D eigenvalue weighted by Gasteiger charge is 2.51. The molecule has 2 aromatic rings. The van der Waals surface area contributed by atoms with E-state index in [1.807, 2.05) is 63.1 Å². The molecule has 2 unspecified atom stereocenters. The molecule has 8 nitrogen and oxygen atoms in total. The van der Waals surface area contributed by atoms with Gasteiger partial charge < -0.3 is 9.80 Å². The predicted octanol–water partition coefficient (Wildman–Crippen LogP) is 1.75. The van der Waals surface area contributed by atoms with Gasteiger partial charge in [-0.3, -0.25) is 9.69 Å². The van der Waals surface area contributed by atoms with Crippen LogP contribution >= 0.6 is 0 Å². The molecule has 146 valence electrons. The number of carbonyl (C=O) groups is 2. The number of amides is 3. The Morgan fingerprint density at radius 1 is 1.04 bits per heavy atom. The normalized spacial score (nSPS) is 22.0. The maximum atomic E-state index is 13.3. The van der Waals surface area contributed by atoms with Crippen molar-refractivity contribution in [1.82, 2.24) is 24.5 Å². The van der Waals surface area contributed by atoms with Crippen LogP contribution in [-0.2, 0) is 11.3 Å². The van der Waals surface area contributed by atoms with Gasteiger partial charge in [0.15, 0.2) is 12.2 Å². The fourth-order valence-electron chi connectivity index (χ4n) is 3.89. The number of hydrogen-bond acceptors (Lipinski definition) is 5. The Kier molecular flexibility index (Phi) is 4.21. The average Bonchev–Trinajstić information content (AvgIpc) is 3.17. The van der Waals surface area contributed by atoms with Crippen molar-refractivity contribution >= 4 is 17.9 Å². The maximum Gasteiger partial charge on any atom is 0.328 e. The third kappa shape index (κ3) is 2.67. The van der Waals surface area contributed by atoms with Crippen molar-refractivity contribution in [3.05, 3.63) is 52.8 Å². The number of rotatable bonds is 2. The molecule has 2 atom stereocenters. The molecular formula is C20H24N6O2. The Bertz CT molecular complexity index is 994. The molecule has 1 aromatic carbocycles. The number of fused-ring (bicyclic) bond motifs is 1. The van der Waals surface area contributed by atoms with Crippen LogP contribution in [0.15, 0.2) is 35.3 Å². The lowest BCUT2D eigenvalue weighted by molar-refractivity contribution is -0.137. The summed E-state index contributed by atoms with van der Waals surface area (Å²) in [6.45, 7) is 6.09. The SMILES string of the molecule is Cc1cc(C)n(C2=NC3C(C(=O)N(Cc4ccccc4C)C(=O)N3C)N2C)n1. The number of carbonyl (C=O) groups excluding carboxylic acids is 2. The Labute approximate surface area is 164 Å². The van der Waals surface area contributed by atoms with E-state index >= 15 is 0 Å². The number of aromatic nitrogens is 2. The minimum Gasteiger partial charge on any atom is -0.328 e. The summed E-state index contributed by atoms with van der Waals surface area (Å²) in [5, 5.41) is 4.48. The molecule has 4 rings (SSSR count). The molecule has 0 spiro atoms. The summed E-state index contributed by atoms with van der Waals surface area (Å²) in [5.41, 5.74) is 3.81. The van der Waals surface area contributed by atoms with Gasteiger partial charge in [-0.05, 0) is 38.0 Å². The first-order valence-electron chi connectivity index (χ1n) is 9.26. The number of likely N-dealkylation sites (N-methyl/N-ethyl adjacent to an activating group) is 2. The van der Waals surface area contributed by atoms with E-state index in [2.05, 4.69) is 10.1 Å². The second kappa shape index (κ2) is 6.47. The molecule has 0 N–H and O–H groups in total. The summed E-state index contributed by atoms with van der Waals surface area (Å²) >= 11 is 0. The first-order valence-corrected chi connectivity index (χ1v) is 9.26. The lowest BCUT2D eigenvalue weighted by Crippen LogP contribution is -2.64. The molecular weight excluding hydrogens is 356 g/mol. The molecule has 2 aliphatic heterocycles. The van der Waals surface area contributed by atoms with Crippen molar-refractivity contribution < 1.29 is 9.59 Å². The summed E-state index contributed by atoms with van der Waals surface area (Å²) in [7, 11) is 3.52. The topological polar surface area (TPSA) is 74.0 Å². The summed E-state index contributed by atoms with van der Waals surface area (Å²) < 4.78 is 1.73. The highest BCUT2D eigenvalue weighted by atomic mass is 16.2. The van der Waals surface area contributed by atoms with Gasteiger partial charge >= 0.3 is 6.03 Å². The zero-order chi connectivity index (χ0) is 20.2. The number of imide groups is 1. The Morgan fingerprint density at radius 2 is 1.75 bits per heavy atom. The molecule has 0 radical (unpaired) electrons. The molecule has 3 heterocycles. The smallest absolute Gasteiger partial charge is 0.328 e. The standard InChI is InChI=1S/C20H24N6O2/c1-12-8-6-7-9-15(12)11-25-18(27)16-17(24(5)20(25)28)21-19(23(16)4)26-14(3)10-13(2)22-26/h6-10,16-17H,11H2,1-5H3. The van der Waals surface area contributed by atoms with Gasteiger partial charge in [0.05, 0.1) is 12.2 Å². The quantitative estimate of drug-likeness (QED) is 0.796. The minimum absolute atomic E-state index is 0.237. The van der Waals surface area contributed by atoms with Gasteiger partial charge in [-0.1, -0.05) is 24.3 Å². The van der Waals surface area contributed by atoms with Crippen LogP contribution in [0.5, 0.6) is 0 Å². The number of aliphatic imine (C=N–C) groups is 1. The van der Waals surface area contributed by atoms with E-state index < -0.39 is 12.2 Å². The zero-order valence-electron chi connectivity index (χ0n) is 16.7. The van der Waals surface area contributed by atoms with Gasteiger partial charge in [-0.2, -0.15) is 5.10 Å². The number of nitrogens with zero attached hydrogens (tertiary/aromatic N) is 6. The van der Waals surface area contributed by atoms with Crippen LogP contribution < -0.4 is 0 Å². The van der Waals surface area contributed by atoms with E-state index in [-0.39, 0.29) is 18.5 Å². The van der Waals surface area contributed by atoms with Crippen molar-refractivity contribution in [2.75, 3.05) is 14.1 Å². The third-order valence-corrected chi connectivity index (χ3v) is 5.50. The van der Waals surface area contributed by atoms with Crippen molar-refractivity contribution in [2.24, 2.45) is 4.99 Å². The van der Waals surface area contributed by atoms with Gasteiger partial charge in [0.2, 0.25) is 5.96 Å². The molecule has 0 saturated carbocycles. The Balaban J connectivity index is 1.67. The number of benzene rings is 1. The van der Waals surface area contributed by atoms with E-state index in [0.29, 0.717) is 5.96 Å². The first kappa shape index (κ1) is 18.2. The molecule has 8 heteroatoms. The van der Waals surface area contributed by atoms with Crippen molar-refractivity contribution in [1.29, 1.82) is 0 Å². The largest absolute Gasteiger partial charge is 0.328 e. The molecule has 1 fully saturated rings. The second-order valence-electron chi connectivity index (χ2n) is 7.48. The van der Waals surface area contributed by atoms with Gasteiger partial charge in [0, 0.05) is 19.8 Å². The highest BCUT2D eigenvalue weighted by Crippen LogP contribution is 2.28. The summed E-state index contributed by atoms with van der Waals surface area (Å²) in [4.78, 5) is 35.6. The lowest BCUT2D eigenvalue weighted by Gasteiger charge is -2.40. The van der Waals surface area contributed by atoms with Crippen molar-refractivity contribution in [3.63, 3.8) is 0 Å². The Morgan fingerprint density at radius 3 is 2.39 bits per heavy atom. The van der Waals surface area contributed by atoms with Gasteiger partial charge in [-0.15, -0.1) is 0 Å². The molecule has 3 amide bonds. The molecule has 28 heavy (non-hydrogen) atoms. The van der Waals surface area contributed by atoms with Crippen LogP contribution in [0.25, 0.3) is 0 Å². The van der Waals surface area contributed by atoms with Crippen LogP contribution in [0.3, 0.4) is 0 Å². The first-order chi connectivity index (χ1) is 13.3. The van der Waals surface area contributed by atoms with E-state index in [1.54, 1.807) is 16.6 Å². The van der Waals surface area contributed by atoms with E-state index in [0.717, 1.165) is 22.5 Å². The molecule has 0 aliphatic carbocycles. The molecule has 1 aromatic heterocycles. The Hall–Kier alpha value is -3.16. The van der Waals surface area contributed by atoms with Gasteiger partial charge in [0.1, 0.15) is 0 Å². The minimum atomic E-state index is -0.564. The summed E-state index contributed by atoms with van der Waals surface area (Å²) in [5.74, 6) is 0.338. The number of hydrogen-bond donors (Lipinski definition) is 0. The number of aryl methyl sites for hydroxylation is 3. The van der Waals surface area contributed by atoms with E-state index in [9.17, 15) is 9.59 Å². The molecule has 2 aliphatic rings. The molecule has 0 bridgehead atoms. The van der Waals surface area contributed by atoms with E-state index in [4.69, 9.17) is 0 Å². The van der Waals surface area contributed by atoms with E-state index in [1.165, 1.54) is 4.90 Å². The van der Waals surface area contributed by atoms with Crippen molar-refractivity contribution in [2.45, 2.75) is 39.5 Å². The number of urea groups is 1. The molecule has 1 saturated heterocycles. The third-order valence-electron chi connectivity index (χ3n) is 5.50. The second-order valence-corrected chi connectivity index (χ2v) is 7.48. The van der Waals surface area contributed by atoms with Crippen LogP contribution in [-0.4, -0.2) is 68.7 Å². The predicted molar refractivity (Wildman–Crippen MR) is 105 cm³/mol. The van der Waals surface area contributed by atoms with Gasteiger partial charge in [0.25, 0.3) is 5.91 Å². The van der Waals surface area contributed by atoms with Crippen LogP contribution in [0.1, 0.15) is 22.5 Å². The van der Waals surface area contributed by atoms with Gasteiger partial charge in [-0.25, -0.2) is 14.5 Å². The summed E-state index contributed by atoms with van der Waals surface area (Å²) in [6, 6.07) is 8.84. The highest BCUT2D eigenvalue weighted by molar-refractivity contribution is 6.04. The van der Waals surface area contributed by atoms with Crippen LogP contribution in [0.4, 0.5) is 4.79 Å². The monoisotopic (exact) mass is 380 g/mol. The maximum absolute atomic E-state index is 13.3. The van der Waals surface area contributed by atoms with Crippen LogP contribution in [0, 0.1) is 20.8 Å². The fourth-order valence-corrected chi connectivity index (χ4v) is 3.89. The summed E-state index contributed by atoms with van der Waals surface area (Å²) in [6.07, 6.45) is -0.558. The van der Waals surface area contributed by atoms with Crippen LogP contribution in [0.2, 0.25) is 0 Å². The average molecular weight is 380 g/mol.